The highest BCUT2D eigenvalue weighted by Crippen LogP contribution is 2.36. The van der Waals surface area contributed by atoms with Crippen LogP contribution in [0, 0.1) is 16.0 Å². The minimum Gasteiger partial charge on any atom is -0.378 e. The van der Waals surface area contributed by atoms with E-state index in [2.05, 4.69) is 4.98 Å². The third kappa shape index (κ3) is 2.35. The van der Waals surface area contributed by atoms with Crippen molar-refractivity contribution in [3.05, 3.63) is 22.2 Å². The zero-order chi connectivity index (χ0) is 13.3. The van der Waals surface area contributed by atoms with Gasteiger partial charge in [0, 0.05) is 25.7 Å². The van der Waals surface area contributed by atoms with Crippen molar-refractivity contribution in [3.8, 4) is 0 Å². The summed E-state index contributed by atoms with van der Waals surface area (Å²) in [5.41, 5.74) is 11.2. The first-order chi connectivity index (χ1) is 8.54. The van der Waals surface area contributed by atoms with Crippen LogP contribution in [0.5, 0.6) is 0 Å². The Morgan fingerprint density at radius 1 is 1.61 bits per heavy atom. The molecule has 18 heavy (non-hydrogen) atoms. The lowest BCUT2D eigenvalue weighted by molar-refractivity contribution is -0.384. The minimum absolute atomic E-state index is 0.0593. The molecule has 0 bridgehead atoms. The number of hydrogen-bond acceptors (Lipinski definition) is 6. The predicted octanol–water partition coefficient (Wildman–Crippen LogP) is 0.745. The molecule has 1 heterocycles. The van der Waals surface area contributed by atoms with Crippen LogP contribution in [0.25, 0.3) is 0 Å². The molecule has 1 fully saturated rings. The largest absolute Gasteiger partial charge is 0.378 e. The smallest absolute Gasteiger partial charge is 0.311 e. The number of aromatic nitrogens is 1. The highest BCUT2D eigenvalue weighted by molar-refractivity contribution is 5.58. The summed E-state index contributed by atoms with van der Waals surface area (Å²) in [7, 11) is 1.89. The molecule has 4 N–H and O–H groups in total. The molecule has 0 spiro atoms. The summed E-state index contributed by atoms with van der Waals surface area (Å²) < 4.78 is 0. The standard InChI is InChI=1S/C11H17N5O2/c1-15(9(6-12)7-2-3-7)10-5-4-8(16(17)18)11(13)14-10/h4-5,7,9H,2-3,6,12H2,1H3,(H2,13,14). The monoisotopic (exact) mass is 251 g/mol. The van der Waals surface area contributed by atoms with E-state index in [1.54, 1.807) is 6.07 Å². The molecule has 2 rings (SSSR count). The predicted molar refractivity (Wildman–Crippen MR) is 69.3 cm³/mol. The number of nitro groups is 1. The highest BCUT2D eigenvalue weighted by atomic mass is 16.6. The van der Waals surface area contributed by atoms with E-state index in [4.69, 9.17) is 11.5 Å². The molecule has 1 saturated carbocycles. The summed E-state index contributed by atoms with van der Waals surface area (Å²) in [6.45, 7) is 0.541. The highest BCUT2D eigenvalue weighted by Gasteiger charge is 2.33. The second kappa shape index (κ2) is 4.77. The van der Waals surface area contributed by atoms with Crippen LogP contribution in [-0.2, 0) is 0 Å². The van der Waals surface area contributed by atoms with Gasteiger partial charge in [0.15, 0.2) is 0 Å². The summed E-state index contributed by atoms with van der Waals surface area (Å²) in [6, 6.07) is 3.21. The van der Waals surface area contributed by atoms with E-state index in [0.717, 1.165) is 0 Å². The van der Waals surface area contributed by atoms with Gasteiger partial charge in [0.25, 0.3) is 0 Å². The molecule has 98 valence electrons. The number of nitrogens with two attached hydrogens (primary N) is 2. The van der Waals surface area contributed by atoms with Crippen LogP contribution in [0.2, 0.25) is 0 Å². The molecular weight excluding hydrogens is 234 g/mol. The molecule has 0 saturated heterocycles. The van der Waals surface area contributed by atoms with E-state index < -0.39 is 4.92 Å². The van der Waals surface area contributed by atoms with Gasteiger partial charge < -0.3 is 16.4 Å². The first-order valence-electron chi connectivity index (χ1n) is 5.88. The van der Waals surface area contributed by atoms with Crippen LogP contribution in [0.15, 0.2) is 12.1 Å². The number of hydrogen-bond donors (Lipinski definition) is 2. The first-order valence-corrected chi connectivity index (χ1v) is 5.88. The van der Waals surface area contributed by atoms with Gasteiger partial charge >= 0.3 is 5.69 Å². The maximum atomic E-state index is 10.7. The quantitative estimate of drug-likeness (QED) is 0.590. The zero-order valence-electron chi connectivity index (χ0n) is 10.2. The Balaban J connectivity index is 2.22. The SMILES string of the molecule is CN(c1ccc([N+](=O)[O-])c(N)n1)C(CN)C1CC1. The lowest BCUT2D eigenvalue weighted by atomic mass is 10.1. The van der Waals surface area contributed by atoms with Crippen molar-refractivity contribution < 1.29 is 4.92 Å². The van der Waals surface area contributed by atoms with Crippen molar-refractivity contribution in [3.63, 3.8) is 0 Å². The molecule has 1 aromatic heterocycles. The van der Waals surface area contributed by atoms with Crippen LogP contribution < -0.4 is 16.4 Å². The number of anilines is 2. The number of likely N-dealkylation sites (N-methyl/N-ethyl adjacent to an activating group) is 1. The number of nitrogen functional groups attached to an aromatic ring is 1. The second-order valence-electron chi connectivity index (χ2n) is 4.58. The molecule has 0 radical (unpaired) electrons. The molecule has 0 aromatic carbocycles. The van der Waals surface area contributed by atoms with Crippen molar-refractivity contribution in [1.29, 1.82) is 0 Å². The fraction of sp³-hybridized carbons (Fsp3) is 0.545. The van der Waals surface area contributed by atoms with Gasteiger partial charge in [-0.1, -0.05) is 0 Å². The Labute approximate surface area is 105 Å². The second-order valence-corrected chi connectivity index (χ2v) is 4.58. The molecule has 1 aliphatic carbocycles. The van der Waals surface area contributed by atoms with Crippen LogP contribution in [0.4, 0.5) is 17.3 Å². The Bertz CT molecular complexity index is 461. The van der Waals surface area contributed by atoms with E-state index in [0.29, 0.717) is 18.3 Å². The number of nitrogens with zero attached hydrogens (tertiary/aromatic N) is 3. The maximum absolute atomic E-state index is 10.7. The number of rotatable bonds is 5. The first kappa shape index (κ1) is 12.6. The van der Waals surface area contributed by atoms with Gasteiger partial charge in [-0.25, -0.2) is 4.98 Å². The Morgan fingerprint density at radius 2 is 2.28 bits per heavy atom. The summed E-state index contributed by atoms with van der Waals surface area (Å²) in [6.07, 6.45) is 2.35. The van der Waals surface area contributed by atoms with E-state index >= 15 is 0 Å². The summed E-state index contributed by atoms with van der Waals surface area (Å²) in [4.78, 5) is 16.2. The normalized spacial score (nSPS) is 16.3. The fourth-order valence-electron chi connectivity index (χ4n) is 2.13. The fourth-order valence-corrected chi connectivity index (χ4v) is 2.13. The van der Waals surface area contributed by atoms with Gasteiger partial charge in [0.05, 0.1) is 4.92 Å². The molecule has 7 nitrogen and oxygen atoms in total. The molecule has 1 unspecified atom stereocenters. The van der Waals surface area contributed by atoms with Crippen LogP contribution in [0.1, 0.15) is 12.8 Å². The van der Waals surface area contributed by atoms with Crippen LogP contribution in [-0.4, -0.2) is 29.5 Å². The maximum Gasteiger partial charge on any atom is 0.311 e. The van der Waals surface area contributed by atoms with Crippen molar-refractivity contribution in [2.24, 2.45) is 11.7 Å². The lowest BCUT2D eigenvalue weighted by Crippen LogP contribution is -2.40. The van der Waals surface area contributed by atoms with Crippen LogP contribution in [0.3, 0.4) is 0 Å². The Kier molecular flexibility index (Phi) is 3.33. The van der Waals surface area contributed by atoms with Crippen molar-refractivity contribution in [2.75, 3.05) is 24.2 Å². The van der Waals surface area contributed by atoms with Gasteiger partial charge in [-0.05, 0) is 24.8 Å². The van der Waals surface area contributed by atoms with Crippen molar-refractivity contribution >= 4 is 17.3 Å². The Hall–Kier alpha value is -1.89. The molecule has 1 aromatic rings. The average Bonchev–Trinajstić information content (AvgIpc) is 3.13. The molecular formula is C11H17N5O2. The van der Waals surface area contributed by atoms with Crippen LogP contribution >= 0.6 is 0 Å². The summed E-state index contributed by atoms with van der Waals surface area (Å²) >= 11 is 0. The topological polar surface area (TPSA) is 111 Å². The van der Waals surface area contributed by atoms with Gasteiger partial charge in [0.1, 0.15) is 5.82 Å². The van der Waals surface area contributed by atoms with E-state index in [9.17, 15) is 10.1 Å². The third-order valence-corrected chi connectivity index (χ3v) is 3.35. The average molecular weight is 251 g/mol. The Morgan fingerprint density at radius 3 is 2.72 bits per heavy atom. The van der Waals surface area contributed by atoms with Crippen molar-refractivity contribution in [2.45, 2.75) is 18.9 Å². The van der Waals surface area contributed by atoms with Gasteiger partial charge in [-0.3, -0.25) is 10.1 Å². The number of pyridine rings is 1. The third-order valence-electron chi connectivity index (χ3n) is 3.35. The van der Waals surface area contributed by atoms with Gasteiger partial charge in [-0.15, -0.1) is 0 Å². The lowest BCUT2D eigenvalue weighted by Gasteiger charge is -2.28. The molecule has 0 aliphatic heterocycles. The summed E-state index contributed by atoms with van der Waals surface area (Å²) in [5.74, 6) is 1.16. The van der Waals surface area contributed by atoms with E-state index in [1.165, 1.54) is 18.9 Å². The minimum atomic E-state index is -0.534. The van der Waals surface area contributed by atoms with E-state index in [1.807, 2.05) is 11.9 Å². The molecule has 7 heteroatoms. The van der Waals surface area contributed by atoms with Gasteiger partial charge in [0.2, 0.25) is 5.82 Å². The van der Waals surface area contributed by atoms with E-state index in [-0.39, 0.29) is 17.5 Å². The van der Waals surface area contributed by atoms with Gasteiger partial charge in [-0.2, -0.15) is 0 Å². The molecule has 1 aliphatic rings. The molecule has 0 amide bonds. The zero-order valence-corrected chi connectivity index (χ0v) is 10.2. The summed E-state index contributed by atoms with van der Waals surface area (Å²) in [5, 5.41) is 10.7. The van der Waals surface area contributed by atoms with Crippen molar-refractivity contribution in [1.82, 2.24) is 4.98 Å². The molecule has 1 atom stereocenters.